The van der Waals surface area contributed by atoms with Crippen LogP contribution in [0.25, 0.3) is 0 Å². The molecule has 0 aromatic heterocycles. The summed E-state index contributed by atoms with van der Waals surface area (Å²) >= 11 is 6.55. The minimum absolute atomic E-state index is 0.382. The first-order chi connectivity index (χ1) is 6.77. The lowest BCUT2D eigenvalue weighted by molar-refractivity contribution is -0.130. The van der Waals surface area contributed by atoms with E-state index in [0.29, 0.717) is 29.4 Å². The van der Waals surface area contributed by atoms with E-state index in [1.165, 1.54) is 19.3 Å². The van der Waals surface area contributed by atoms with E-state index >= 15 is 0 Å². The van der Waals surface area contributed by atoms with Gasteiger partial charge in [0, 0.05) is 17.2 Å². The van der Waals surface area contributed by atoms with E-state index < -0.39 is 0 Å². The Morgan fingerprint density at radius 2 is 1.57 bits per heavy atom. The zero-order chi connectivity index (χ0) is 10.1. The fraction of sp³-hybridized carbons (Fsp3) is 1.00. The zero-order valence-electron chi connectivity index (χ0n) is 9.21. The van der Waals surface area contributed by atoms with Crippen LogP contribution in [0.1, 0.15) is 46.0 Å². The van der Waals surface area contributed by atoms with Gasteiger partial charge >= 0.3 is 0 Å². The highest BCUT2D eigenvalue weighted by Crippen LogP contribution is 2.45. The van der Waals surface area contributed by atoms with Gasteiger partial charge < -0.3 is 4.74 Å². The molecule has 2 fully saturated rings. The number of hydrogen-bond donors (Lipinski definition) is 0. The van der Waals surface area contributed by atoms with Gasteiger partial charge in [-0.15, -0.1) is 11.6 Å². The summed E-state index contributed by atoms with van der Waals surface area (Å²) in [4.78, 5) is 0. The molecule has 1 nitrogen and oxygen atoms in total. The van der Waals surface area contributed by atoms with Crippen molar-refractivity contribution in [3.05, 3.63) is 0 Å². The molecule has 1 unspecified atom stereocenters. The Balaban J connectivity index is 2.13. The predicted octanol–water partition coefficient (Wildman–Crippen LogP) is 3.60. The molecule has 0 amide bonds. The first-order valence-corrected chi connectivity index (χ1v) is 6.51. The van der Waals surface area contributed by atoms with Crippen LogP contribution in [0.2, 0.25) is 0 Å². The van der Waals surface area contributed by atoms with Crippen LogP contribution in [0.5, 0.6) is 0 Å². The minimum atomic E-state index is 0.382. The van der Waals surface area contributed by atoms with Crippen LogP contribution in [0.3, 0.4) is 0 Å². The second kappa shape index (κ2) is 4.40. The highest BCUT2D eigenvalue weighted by atomic mass is 35.5. The molecule has 82 valence electrons. The number of ether oxygens (including phenoxy) is 1. The van der Waals surface area contributed by atoms with Crippen LogP contribution < -0.4 is 0 Å². The van der Waals surface area contributed by atoms with Crippen molar-refractivity contribution in [1.82, 2.24) is 0 Å². The van der Waals surface area contributed by atoms with Crippen LogP contribution in [-0.2, 0) is 4.74 Å². The van der Waals surface area contributed by atoms with Crippen molar-refractivity contribution in [2.45, 2.75) is 63.5 Å². The molecule has 0 N–H and O–H groups in total. The summed E-state index contributed by atoms with van der Waals surface area (Å²) in [6.45, 7) is 4.44. The van der Waals surface area contributed by atoms with Gasteiger partial charge in [-0.05, 0) is 25.7 Å². The first kappa shape index (κ1) is 10.8. The molecule has 2 aliphatic rings. The Morgan fingerprint density at radius 3 is 2.00 bits per heavy atom. The van der Waals surface area contributed by atoms with E-state index in [2.05, 4.69) is 13.8 Å². The Kier molecular flexibility index (Phi) is 3.38. The van der Waals surface area contributed by atoms with Crippen molar-refractivity contribution in [3.63, 3.8) is 0 Å². The quantitative estimate of drug-likeness (QED) is 0.641. The third-order valence-electron chi connectivity index (χ3n) is 4.00. The number of hydrogen-bond acceptors (Lipinski definition) is 1. The van der Waals surface area contributed by atoms with Crippen molar-refractivity contribution < 1.29 is 4.74 Å². The van der Waals surface area contributed by atoms with E-state index in [4.69, 9.17) is 16.3 Å². The molecule has 0 aromatic carbocycles. The third kappa shape index (κ3) is 1.69. The van der Waals surface area contributed by atoms with E-state index in [9.17, 15) is 0 Å². The van der Waals surface area contributed by atoms with Crippen molar-refractivity contribution in [2.24, 2.45) is 11.8 Å². The van der Waals surface area contributed by atoms with Gasteiger partial charge in [0.25, 0.3) is 0 Å². The lowest BCUT2D eigenvalue weighted by Crippen LogP contribution is -2.50. The zero-order valence-corrected chi connectivity index (χ0v) is 9.96. The van der Waals surface area contributed by atoms with Gasteiger partial charge in [-0.3, -0.25) is 0 Å². The number of alkyl halides is 1. The molecule has 1 aliphatic carbocycles. The molecular formula is C12H21ClO. The molecule has 14 heavy (non-hydrogen) atoms. The normalized spacial score (nSPS) is 47.8. The molecule has 1 aliphatic heterocycles. The molecule has 1 saturated heterocycles. The lowest BCUT2D eigenvalue weighted by atomic mass is 9.72. The molecular weight excluding hydrogens is 196 g/mol. The average Bonchev–Trinajstić information content (AvgIpc) is 2.18. The molecule has 0 aromatic rings. The molecule has 1 heterocycles. The SMILES string of the molecule is CC[C@@H]1O[C@H](CC)[C@H]2CCC[C@@H]1C2Cl. The van der Waals surface area contributed by atoms with Crippen molar-refractivity contribution in [2.75, 3.05) is 0 Å². The fourth-order valence-corrected chi connectivity index (χ4v) is 3.81. The Labute approximate surface area is 92.2 Å². The second-order valence-electron chi connectivity index (χ2n) is 4.73. The maximum Gasteiger partial charge on any atom is 0.0618 e. The van der Waals surface area contributed by atoms with Crippen molar-refractivity contribution >= 4 is 11.6 Å². The summed E-state index contributed by atoms with van der Waals surface area (Å²) in [6, 6.07) is 0. The van der Waals surface area contributed by atoms with Crippen LogP contribution in [0, 0.1) is 11.8 Å². The van der Waals surface area contributed by atoms with Crippen molar-refractivity contribution in [3.8, 4) is 0 Å². The number of halogens is 1. The van der Waals surface area contributed by atoms with E-state index in [1.54, 1.807) is 0 Å². The maximum absolute atomic E-state index is 6.55. The predicted molar refractivity (Wildman–Crippen MR) is 59.7 cm³/mol. The summed E-state index contributed by atoms with van der Waals surface area (Å²) in [5, 5.41) is 0.382. The van der Waals surface area contributed by atoms with Crippen LogP contribution >= 0.6 is 11.6 Å². The molecule has 2 rings (SSSR count). The first-order valence-electron chi connectivity index (χ1n) is 6.07. The summed E-state index contributed by atoms with van der Waals surface area (Å²) < 4.78 is 6.14. The van der Waals surface area contributed by atoms with Crippen LogP contribution in [-0.4, -0.2) is 17.6 Å². The number of fused-ring (bicyclic) bond motifs is 2. The Morgan fingerprint density at radius 1 is 1.07 bits per heavy atom. The largest absolute Gasteiger partial charge is 0.374 e. The molecule has 5 atom stereocenters. The Hall–Kier alpha value is 0.250. The average molecular weight is 217 g/mol. The lowest BCUT2D eigenvalue weighted by Gasteiger charge is -2.48. The highest BCUT2D eigenvalue weighted by Gasteiger charge is 2.45. The maximum atomic E-state index is 6.55. The standard InChI is InChI=1S/C12H21ClO/c1-3-10-8-6-5-7-9(12(8)13)11(4-2)14-10/h8-12H,3-7H2,1-2H3/t8-,9+,10-,11+,12?. The third-order valence-corrected chi connectivity index (χ3v) is 4.65. The highest BCUT2D eigenvalue weighted by molar-refractivity contribution is 6.21. The van der Waals surface area contributed by atoms with Gasteiger partial charge in [0.05, 0.1) is 12.2 Å². The summed E-state index contributed by atoms with van der Waals surface area (Å²) in [5.41, 5.74) is 0. The molecule has 2 bridgehead atoms. The Bertz CT molecular complexity index is 173. The number of rotatable bonds is 2. The molecule has 0 radical (unpaired) electrons. The van der Waals surface area contributed by atoms with Crippen molar-refractivity contribution in [1.29, 1.82) is 0 Å². The van der Waals surface area contributed by atoms with Crippen LogP contribution in [0.4, 0.5) is 0 Å². The monoisotopic (exact) mass is 216 g/mol. The minimum Gasteiger partial charge on any atom is -0.374 e. The van der Waals surface area contributed by atoms with Gasteiger partial charge in [-0.1, -0.05) is 20.3 Å². The van der Waals surface area contributed by atoms with Crippen LogP contribution in [0.15, 0.2) is 0 Å². The fourth-order valence-electron chi connectivity index (χ4n) is 3.23. The van der Waals surface area contributed by atoms with Gasteiger partial charge in [0.15, 0.2) is 0 Å². The second-order valence-corrected chi connectivity index (χ2v) is 5.24. The van der Waals surface area contributed by atoms with E-state index in [1.807, 2.05) is 0 Å². The topological polar surface area (TPSA) is 9.23 Å². The summed E-state index contributed by atoms with van der Waals surface area (Å²) in [6.07, 6.45) is 7.01. The smallest absolute Gasteiger partial charge is 0.0618 e. The molecule has 2 heteroatoms. The summed E-state index contributed by atoms with van der Waals surface area (Å²) in [7, 11) is 0. The van der Waals surface area contributed by atoms with Gasteiger partial charge in [0.1, 0.15) is 0 Å². The van der Waals surface area contributed by atoms with E-state index in [0.717, 1.165) is 12.8 Å². The molecule has 0 spiro atoms. The van der Waals surface area contributed by atoms with Gasteiger partial charge in [0.2, 0.25) is 0 Å². The van der Waals surface area contributed by atoms with Gasteiger partial charge in [-0.25, -0.2) is 0 Å². The molecule has 1 saturated carbocycles. The van der Waals surface area contributed by atoms with Gasteiger partial charge in [-0.2, -0.15) is 0 Å². The summed E-state index contributed by atoms with van der Waals surface area (Å²) in [5.74, 6) is 1.26. The van der Waals surface area contributed by atoms with E-state index in [-0.39, 0.29) is 0 Å².